The second-order valence-electron chi connectivity index (χ2n) is 5.50. The van der Waals surface area contributed by atoms with Crippen LogP contribution in [0.1, 0.15) is 18.4 Å². The molecule has 1 amide bonds. The topological polar surface area (TPSA) is 75.6 Å². The summed E-state index contributed by atoms with van der Waals surface area (Å²) in [4.78, 5) is 22.9. The molecule has 20 heavy (non-hydrogen) atoms. The van der Waals surface area contributed by atoms with Crippen molar-refractivity contribution in [3.8, 4) is 0 Å². The molecule has 2 saturated carbocycles. The van der Waals surface area contributed by atoms with Gasteiger partial charge in [0.25, 0.3) is 0 Å². The van der Waals surface area contributed by atoms with Crippen LogP contribution in [0, 0.1) is 17.8 Å². The molecule has 4 unspecified atom stereocenters. The van der Waals surface area contributed by atoms with Crippen molar-refractivity contribution >= 4 is 12.1 Å². The molecule has 0 heterocycles. The van der Waals surface area contributed by atoms with Gasteiger partial charge in [-0.3, -0.25) is 4.79 Å². The van der Waals surface area contributed by atoms with Crippen molar-refractivity contribution in [2.45, 2.75) is 25.5 Å². The highest BCUT2D eigenvalue weighted by Gasteiger charge is 2.59. The molecule has 0 bridgehead atoms. The summed E-state index contributed by atoms with van der Waals surface area (Å²) in [5.74, 6) is -0.704. The first-order chi connectivity index (χ1) is 9.66. The van der Waals surface area contributed by atoms with E-state index in [4.69, 9.17) is 9.84 Å². The number of ether oxygens (including phenoxy) is 1. The van der Waals surface area contributed by atoms with E-state index in [0.717, 1.165) is 18.4 Å². The highest BCUT2D eigenvalue weighted by molar-refractivity contribution is 5.76. The first-order valence-electron chi connectivity index (χ1n) is 6.87. The Bertz CT molecular complexity index is 516. The smallest absolute Gasteiger partial charge is 0.407 e. The Morgan fingerprint density at radius 1 is 1.20 bits per heavy atom. The number of hydrogen-bond donors (Lipinski definition) is 2. The number of aliphatic carboxylic acids is 1. The average molecular weight is 275 g/mol. The predicted octanol–water partition coefficient (Wildman–Crippen LogP) is 2.02. The summed E-state index contributed by atoms with van der Waals surface area (Å²) in [7, 11) is 0. The van der Waals surface area contributed by atoms with Crippen molar-refractivity contribution in [3.05, 3.63) is 35.9 Å². The number of hydrogen-bond acceptors (Lipinski definition) is 3. The number of rotatable bonds is 4. The zero-order valence-corrected chi connectivity index (χ0v) is 11.0. The summed E-state index contributed by atoms with van der Waals surface area (Å²) in [6, 6.07) is 9.13. The number of alkyl carbamates (subject to hydrolysis) is 1. The molecule has 1 aromatic rings. The quantitative estimate of drug-likeness (QED) is 0.881. The summed E-state index contributed by atoms with van der Waals surface area (Å²) in [5, 5.41) is 11.9. The van der Waals surface area contributed by atoms with Crippen LogP contribution in [0.3, 0.4) is 0 Å². The minimum atomic E-state index is -0.820. The van der Waals surface area contributed by atoms with E-state index in [1.165, 1.54) is 0 Å². The maximum absolute atomic E-state index is 11.7. The van der Waals surface area contributed by atoms with Crippen LogP contribution in [0.25, 0.3) is 0 Å². The first-order valence-corrected chi connectivity index (χ1v) is 6.87. The van der Waals surface area contributed by atoms with E-state index in [9.17, 15) is 9.59 Å². The monoisotopic (exact) mass is 275 g/mol. The van der Waals surface area contributed by atoms with E-state index in [1.54, 1.807) is 0 Å². The molecule has 4 atom stereocenters. The van der Waals surface area contributed by atoms with Crippen molar-refractivity contribution in [2.75, 3.05) is 0 Å². The lowest BCUT2D eigenvalue weighted by atomic mass is 9.50. The van der Waals surface area contributed by atoms with Crippen LogP contribution in [0.4, 0.5) is 4.79 Å². The zero-order valence-electron chi connectivity index (χ0n) is 11.0. The molecule has 0 aliphatic heterocycles. The fourth-order valence-electron chi connectivity index (χ4n) is 3.26. The molecule has 5 nitrogen and oxygen atoms in total. The van der Waals surface area contributed by atoms with Gasteiger partial charge < -0.3 is 15.2 Å². The molecule has 3 rings (SSSR count). The molecule has 5 heteroatoms. The molecule has 2 aliphatic rings. The lowest BCUT2D eigenvalue weighted by Crippen LogP contribution is -2.66. The summed E-state index contributed by atoms with van der Waals surface area (Å²) >= 11 is 0. The molecule has 0 spiro atoms. The number of carbonyl (C=O) groups excluding carboxylic acids is 1. The summed E-state index contributed by atoms with van der Waals surface area (Å²) in [6.07, 6.45) is 1.42. The Hall–Kier alpha value is -2.04. The largest absolute Gasteiger partial charge is 0.481 e. The maximum Gasteiger partial charge on any atom is 0.407 e. The molecule has 106 valence electrons. The zero-order chi connectivity index (χ0) is 14.1. The maximum atomic E-state index is 11.7. The van der Waals surface area contributed by atoms with Crippen LogP contribution in [0.15, 0.2) is 30.3 Å². The van der Waals surface area contributed by atoms with Gasteiger partial charge in [-0.05, 0) is 30.2 Å². The van der Waals surface area contributed by atoms with E-state index >= 15 is 0 Å². The lowest BCUT2D eigenvalue weighted by Gasteiger charge is -2.57. The highest BCUT2D eigenvalue weighted by Crippen LogP contribution is 2.54. The molecule has 2 fully saturated rings. The van der Waals surface area contributed by atoms with Crippen LogP contribution in [0.2, 0.25) is 0 Å². The van der Waals surface area contributed by atoms with Gasteiger partial charge in [-0.2, -0.15) is 0 Å². The van der Waals surface area contributed by atoms with Gasteiger partial charge in [-0.25, -0.2) is 4.79 Å². The van der Waals surface area contributed by atoms with Gasteiger partial charge in [0.15, 0.2) is 0 Å². The van der Waals surface area contributed by atoms with E-state index in [-0.39, 0.29) is 18.6 Å². The Kier molecular flexibility index (Phi) is 3.34. The lowest BCUT2D eigenvalue weighted by molar-refractivity contribution is -0.163. The fraction of sp³-hybridized carbons (Fsp3) is 0.467. The van der Waals surface area contributed by atoms with Crippen LogP contribution < -0.4 is 5.32 Å². The number of carboxylic acids is 1. The van der Waals surface area contributed by atoms with Crippen molar-refractivity contribution in [3.63, 3.8) is 0 Å². The third-order valence-corrected chi connectivity index (χ3v) is 4.48. The third kappa shape index (κ3) is 2.24. The number of benzene rings is 1. The highest BCUT2D eigenvalue weighted by atomic mass is 16.5. The number of carbonyl (C=O) groups is 2. The molecule has 1 aromatic carbocycles. The van der Waals surface area contributed by atoms with Gasteiger partial charge >= 0.3 is 12.1 Å². The van der Waals surface area contributed by atoms with Crippen molar-refractivity contribution in [2.24, 2.45) is 17.8 Å². The first kappa shape index (κ1) is 13.0. The third-order valence-electron chi connectivity index (χ3n) is 4.48. The van der Waals surface area contributed by atoms with E-state index in [2.05, 4.69) is 5.32 Å². The normalized spacial score (nSPS) is 30.4. The Labute approximate surface area is 116 Å². The molecular weight excluding hydrogens is 258 g/mol. The van der Waals surface area contributed by atoms with Crippen LogP contribution in [0.5, 0.6) is 0 Å². The van der Waals surface area contributed by atoms with Crippen LogP contribution in [-0.2, 0) is 16.1 Å². The standard InChI is InChI=1S/C15H17NO4/c17-14(18)12-10-6-7-11(10)13(12)16-15(19)20-8-9-4-2-1-3-5-9/h1-5,10-13H,6-8H2,(H,16,19)(H,17,18). The molecular formula is C15H17NO4. The van der Waals surface area contributed by atoms with Gasteiger partial charge in [-0.1, -0.05) is 30.3 Å². The Morgan fingerprint density at radius 2 is 1.90 bits per heavy atom. The minimum Gasteiger partial charge on any atom is -0.481 e. The Morgan fingerprint density at radius 3 is 2.50 bits per heavy atom. The second kappa shape index (κ2) is 5.15. The summed E-state index contributed by atoms with van der Waals surface area (Å²) < 4.78 is 5.13. The van der Waals surface area contributed by atoms with Gasteiger partial charge in [0.1, 0.15) is 6.61 Å². The minimum absolute atomic E-state index is 0.200. The summed E-state index contributed by atoms with van der Waals surface area (Å²) in [5.41, 5.74) is 0.910. The number of amides is 1. The molecule has 0 saturated heterocycles. The Balaban J connectivity index is 1.50. The van der Waals surface area contributed by atoms with Crippen LogP contribution in [-0.4, -0.2) is 23.2 Å². The predicted molar refractivity (Wildman–Crippen MR) is 70.9 cm³/mol. The van der Waals surface area contributed by atoms with Crippen LogP contribution >= 0.6 is 0 Å². The van der Waals surface area contributed by atoms with E-state index in [0.29, 0.717) is 5.92 Å². The SMILES string of the molecule is O=C(NC1C2CCC2C1C(=O)O)OCc1ccccc1. The second-order valence-corrected chi connectivity index (χ2v) is 5.50. The van der Waals surface area contributed by atoms with Gasteiger partial charge in [-0.15, -0.1) is 0 Å². The number of carboxylic acid groups (broad SMARTS) is 1. The fourth-order valence-corrected chi connectivity index (χ4v) is 3.26. The van der Waals surface area contributed by atoms with Crippen molar-refractivity contribution in [1.82, 2.24) is 5.32 Å². The van der Waals surface area contributed by atoms with Gasteiger partial charge in [0, 0.05) is 6.04 Å². The molecule has 0 radical (unpaired) electrons. The molecule has 2 aliphatic carbocycles. The number of nitrogens with one attached hydrogen (secondary N) is 1. The van der Waals surface area contributed by atoms with Crippen molar-refractivity contribution in [1.29, 1.82) is 0 Å². The molecule has 2 N–H and O–H groups in total. The average Bonchev–Trinajstić information content (AvgIpc) is 2.41. The van der Waals surface area contributed by atoms with E-state index in [1.807, 2.05) is 30.3 Å². The summed E-state index contributed by atoms with van der Waals surface area (Å²) in [6.45, 7) is 0.200. The number of fused-ring (bicyclic) bond motifs is 1. The van der Waals surface area contributed by atoms with Gasteiger partial charge in [0.2, 0.25) is 0 Å². The van der Waals surface area contributed by atoms with Crippen molar-refractivity contribution < 1.29 is 19.4 Å². The van der Waals surface area contributed by atoms with E-state index < -0.39 is 18.0 Å². The van der Waals surface area contributed by atoms with Gasteiger partial charge in [0.05, 0.1) is 5.92 Å². The molecule has 0 aromatic heterocycles.